The Morgan fingerprint density at radius 1 is 1.29 bits per heavy atom. The highest BCUT2D eigenvalue weighted by molar-refractivity contribution is 5.94. The summed E-state index contributed by atoms with van der Waals surface area (Å²) >= 11 is 0. The maximum Gasteiger partial charge on any atom is 0.254 e. The zero-order chi connectivity index (χ0) is 16.0. The second-order valence-corrected chi connectivity index (χ2v) is 4.65. The molecule has 0 saturated carbocycles. The molecule has 118 valence electrons. The Hall–Kier alpha value is -1.73. The number of hydrogen-bond donors (Lipinski definition) is 1. The molecule has 1 atom stereocenters. The van der Waals surface area contributed by atoms with E-state index in [2.05, 4.69) is 0 Å². The summed E-state index contributed by atoms with van der Waals surface area (Å²) in [4.78, 5) is 13.9. The van der Waals surface area contributed by atoms with Crippen molar-refractivity contribution in [3.05, 3.63) is 29.3 Å². The molecular weight excluding hydrogens is 282 g/mol. The van der Waals surface area contributed by atoms with Crippen LogP contribution in [0.1, 0.15) is 17.3 Å². The van der Waals surface area contributed by atoms with E-state index in [1.807, 2.05) is 0 Å². The minimum absolute atomic E-state index is 0.0988. The Morgan fingerprint density at radius 2 is 1.86 bits per heavy atom. The molecule has 0 heterocycles. The summed E-state index contributed by atoms with van der Waals surface area (Å²) in [5.74, 6) is -2.41. The minimum Gasteiger partial charge on any atom is -0.394 e. The number of rotatable bonds is 7. The van der Waals surface area contributed by atoms with E-state index < -0.39 is 23.2 Å². The number of hydrogen-bond acceptors (Lipinski definition) is 4. The molecule has 1 rings (SSSR count). The van der Waals surface area contributed by atoms with Crippen LogP contribution in [0.2, 0.25) is 0 Å². The van der Waals surface area contributed by atoms with Gasteiger partial charge in [0, 0.05) is 26.3 Å². The van der Waals surface area contributed by atoms with Gasteiger partial charge in [0.2, 0.25) is 0 Å². The molecule has 0 aliphatic rings. The first kappa shape index (κ1) is 17.3. The number of carbonyl (C=O) groups excluding carboxylic acids is 1. The van der Waals surface area contributed by atoms with Crippen LogP contribution in [-0.4, -0.2) is 50.8 Å². The predicted molar refractivity (Wildman–Crippen MR) is 75.0 cm³/mol. The molecule has 0 fully saturated rings. The number of halogens is 2. The number of anilines is 1. The lowest BCUT2D eigenvalue weighted by Gasteiger charge is -2.28. The lowest BCUT2D eigenvalue weighted by molar-refractivity contribution is 0.0479. The maximum absolute atomic E-state index is 13.5. The van der Waals surface area contributed by atoms with E-state index in [1.54, 1.807) is 6.92 Å². The number of nitrogen functional groups attached to an aromatic ring is 1. The fourth-order valence-electron chi connectivity index (χ4n) is 1.92. The van der Waals surface area contributed by atoms with E-state index in [4.69, 9.17) is 15.2 Å². The van der Waals surface area contributed by atoms with Crippen LogP contribution in [0.4, 0.5) is 14.5 Å². The van der Waals surface area contributed by atoms with Crippen LogP contribution < -0.4 is 5.73 Å². The largest absolute Gasteiger partial charge is 0.394 e. The second kappa shape index (κ2) is 7.90. The van der Waals surface area contributed by atoms with Gasteiger partial charge in [-0.15, -0.1) is 0 Å². The number of nitrogens with zero attached hydrogens (tertiary/aromatic N) is 1. The summed E-state index contributed by atoms with van der Waals surface area (Å²) in [6.45, 7) is 2.67. The Labute approximate surface area is 122 Å². The molecule has 2 N–H and O–H groups in total. The molecule has 1 amide bonds. The van der Waals surface area contributed by atoms with Crippen molar-refractivity contribution < 1.29 is 23.0 Å². The first-order valence-corrected chi connectivity index (χ1v) is 6.45. The summed E-state index contributed by atoms with van der Waals surface area (Å²) in [7, 11) is 3.02. The standard InChI is InChI=1S/C14H20F2N2O3/c1-9(8-21-3)18(4-5-20-2)14(19)10-6-11(15)13(17)12(16)7-10/h6-7,9H,4-5,8,17H2,1-3H3. The lowest BCUT2D eigenvalue weighted by Crippen LogP contribution is -2.43. The second-order valence-electron chi connectivity index (χ2n) is 4.65. The average Bonchev–Trinajstić information content (AvgIpc) is 2.44. The van der Waals surface area contributed by atoms with Crippen LogP contribution in [0.25, 0.3) is 0 Å². The Morgan fingerprint density at radius 3 is 2.33 bits per heavy atom. The highest BCUT2D eigenvalue weighted by Gasteiger charge is 2.23. The third-order valence-corrected chi connectivity index (χ3v) is 3.06. The fraction of sp³-hybridized carbons (Fsp3) is 0.500. The molecule has 0 aromatic heterocycles. The molecule has 0 saturated heterocycles. The molecule has 0 bridgehead atoms. The van der Waals surface area contributed by atoms with Gasteiger partial charge in [0.25, 0.3) is 5.91 Å². The van der Waals surface area contributed by atoms with Crippen molar-refractivity contribution in [2.75, 3.05) is 39.7 Å². The molecule has 1 aromatic rings. The van der Waals surface area contributed by atoms with Crippen molar-refractivity contribution in [2.24, 2.45) is 0 Å². The third kappa shape index (κ3) is 4.37. The van der Waals surface area contributed by atoms with Crippen molar-refractivity contribution >= 4 is 11.6 Å². The monoisotopic (exact) mass is 302 g/mol. The van der Waals surface area contributed by atoms with Gasteiger partial charge < -0.3 is 20.1 Å². The van der Waals surface area contributed by atoms with Gasteiger partial charge in [0.05, 0.1) is 19.3 Å². The molecule has 0 aliphatic heterocycles. The first-order chi connectivity index (χ1) is 9.92. The van der Waals surface area contributed by atoms with Crippen LogP contribution in [-0.2, 0) is 9.47 Å². The topological polar surface area (TPSA) is 64.8 Å². The van der Waals surface area contributed by atoms with Gasteiger partial charge in [-0.1, -0.05) is 0 Å². The summed E-state index contributed by atoms with van der Waals surface area (Å²) in [6, 6.07) is 1.60. The molecule has 5 nitrogen and oxygen atoms in total. The zero-order valence-corrected chi connectivity index (χ0v) is 12.4. The fourth-order valence-corrected chi connectivity index (χ4v) is 1.92. The van der Waals surface area contributed by atoms with Crippen LogP contribution in [0.15, 0.2) is 12.1 Å². The SMILES string of the molecule is COCCN(C(=O)c1cc(F)c(N)c(F)c1)C(C)COC. The van der Waals surface area contributed by atoms with Crippen molar-refractivity contribution in [2.45, 2.75) is 13.0 Å². The Kier molecular flexibility index (Phi) is 6.51. The van der Waals surface area contributed by atoms with Crippen LogP contribution >= 0.6 is 0 Å². The smallest absolute Gasteiger partial charge is 0.254 e. The van der Waals surface area contributed by atoms with Crippen molar-refractivity contribution in [1.82, 2.24) is 4.90 Å². The molecule has 7 heteroatoms. The van der Waals surface area contributed by atoms with Gasteiger partial charge in [-0.2, -0.15) is 0 Å². The zero-order valence-electron chi connectivity index (χ0n) is 12.4. The summed E-state index contributed by atoms with van der Waals surface area (Å²) in [6.07, 6.45) is 0. The summed E-state index contributed by atoms with van der Waals surface area (Å²) < 4.78 is 36.9. The Bertz CT molecular complexity index is 474. The van der Waals surface area contributed by atoms with Gasteiger partial charge in [-0.05, 0) is 19.1 Å². The van der Waals surface area contributed by atoms with Gasteiger partial charge in [-0.25, -0.2) is 8.78 Å². The van der Waals surface area contributed by atoms with E-state index in [1.165, 1.54) is 19.1 Å². The molecule has 0 aliphatic carbocycles. The van der Waals surface area contributed by atoms with Gasteiger partial charge in [0.15, 0.2) is 0 Å². The van der Waals surface area contributed by atoms with Crippen molar-refractivity contribution in [1.29, 1.82) is 0 Å². The summed E-state index contributed by atoms with van der Waals surface area (Å²) in [5, 5.41) is 0. The number of nitrogens with two attached hydrogens (primary N) is 1. The number of benzene rings is 1. The van der Waals surface area contributed by atoms with E-state index in [-0.39, 0.29) is 18.2 Å². The molecule has 21 heavy (non-hydrogen) atoms. The van der Waals surface area contributed by atoms with Gasteiger partial charge >= 0.3 is 0 Å². The number of carbonyl (C=O) groups is 1. The number of methoxy groups -OCH3 is 2. The average molecular weight is 302 g/mol. The highest BCUT2D eigenvalue weighted by atomic mass is 19.1. The molecule has 1 unspecified atom stereocenters. The molecule has 0 radical (unpaired) electrons. The highest BCUT2D eigenvalue weighted by Crippen LogP contribution is 2.19. The van der Waals surface area contributed by atoms with Crippen molar-refractivity contribution in [3.63, 3.8) is 0 Å². The minimum atomic E-state index is -0.954. The maximum atomic E-state index is 13.5. The normalized spacial score (nSPS) is 12.2. The van der Waals surface area contributed by atoms with Gasteiger partial charge in [0.1, 0.15) is 17.3 Å². The molecular formula is C14H20F2N2O3. The summed E-state index contributed by atoms with van der Waals surface area (Å²) in [5.41, 5.74) is 4.50. The lowest BCUT2D eigenvalue weighted by atomic mass is 10.1. The first-order valence-electron chi connectivity index (χ1n) is 6.45. The van der Waals surface area contributed by atoms with Gasteiger partial charge in [-0.3, -0.25) is 4.79 Å². The molecule has 0 spiro atoms. The van der Waals surface area contributed by atoms with Crippen LogP contribution in [0, 0.1) is 11.6 Å². The van der Waals surface area contributed by atoms with E-state index in [0.717, 1.165) is 12.1 Å². The third-order valence-electron chi connectivity index (χ3n) is 3.06. The van der Waals surface area contributed by atoms with E-state index in [9.17, 15) is 13.6 Å². The quantitative estimate of drug-likeness (QED) is 0.778. The number of ether oxygens (including phenoxy) is 2. The number of amides is 1. The van der Waals surface area contributed by atoms with Crippen LogP contribution in [0.5, 0.6) is 0 Å². The van der Waals surface area contributed by atoms with E-state index in [0.29, 0.717) is 13.2 Å². The van der Waals surface area contributed by atoms with Crippen molar-refractivity contribution in [3.8, 4) is 0 Å². The van der Waals surface area contributed by atoms with Crippen LogP contribution in [0.3, 0.4) is 0 Å². The predicted octanol–water partition coefficient (Wildman–Crippen LogP) is 1.67. The van der Waals surface area contributed by atoms with E-state index >= 15 is 0 Å². The Balaban J connectivity index is 3.04. The molecule has 1 aromatic carbocycles.